The summed E-state index contributed by atoms with van der Waals surface area (Å²) in [6, 6.07) is 7.80. The van der Waals surface area contributed by atoms with Crippen LogP contribution in [0.15, 0.2) is 18.2 Å². The maximum atomic E-state index is 13.5. The molecule has 0 radical (unpaired) electrons. The Balaban J connectivity index is 1.70. The Bertz CT molecular complexity index is 490. The van der Waals surface area contributed by atoms with Gasteiger partial charge in [-0.15, -0.1) is 0 Å². The first kappa shape index (κ1) is 11.5. The summed E-state index contributed by atoms with van der Waals surface area (Å²) >= 11 is 0. The minimum Gasteiger partial charge on any atom is -0.380 e. The lowest BCUT2D eigenvalue weighted by Crippen LogP contribution is -2.28. The molecule has 1 atom stereocenters. The Kier molecular flexibility index (Phi) is 2.92. The van der Waals surface area contributed by atoms with E-state index in [1.54, 1.807) is 12.1 Å². The highest BCUT2D eigenvalue weighted by atomic mass is 19.1. The Hall–Kier alpha value is -1.60. The Labute approximate surface area is 106 Å². The van der Waals surface area contributed by atoms with Crippen LogP contribution in [-0.4, -0.2) is 30.1 Å². The molecule has 3 rings (SSSR count). The van der Waals surface area contributed by atoms with Crippen LogP contribution in [-0.2, 0) is 0 Å². The number of anilines is 1. The van der Waals surface area contributed by atoms with E-state index in [9.17, 15) is 4.39 Å². The fraction of sp³-hybridized carbons (Fsp3) is 0.500. The lowest BCUT2D eigenvalue weighted by molar-refractivity contribution is 0.326. The second kappa shape index (κ2) is 4.58. The van der Waals surface area contributed by atoms with Crippen LogP contribution >= 0.6 is 0 Å². The van der Waals surface area contributed by atoms with Crippen LogP contribution in [0.5, 0.6) is 0 Å². The van der Waals surface area contributed by atoms with E-state index < -0.39 is 5.82 Å². The van der Waals surface area contributed by atoms with E-state index in [0.717, 1.165) is 25.6 Å². The molecule has 4 heteroatoms. The van der Waals surface area contributed by atoms with Gasteiger partial charge in [0.2, 0.25) is 0 Å². The largest absolute Gasteiger partial charge is 0.380 e. The molecular formula is C14H16FN3. The summed E-state index contributed by atoms with van der Waals surface area (Å²) < 4.78 is 13.5. The Morgan fingerprint density at radius 1 is 1.33 bits per heavy atom. The quantitative estimate of drug-likeness (QED) is 0.888. The zero-order valence-electron chi connectivity index (χ0n) is 10.2. The summed E-state index contributed by atoms with van der Waals surface area (Å²) in [5.74, 6) is -0.445. The summed E-state index contributed by atoms with van der Waals surface area (Å²) in [7, 11) is 0. The van der Waals surface area contributed by atoms with Crippen molar-refractivity contribution in [2.24, 2.45) is 0 Å². The number of hydrogen-bond donors (Lipinski definition) is 1. The van der Waals surface area contributed by atoms with Gasteiger partial charge in [0, 0.05) is 25.2 Å². The fourth-order valence-corrected chi connectivity index (χ4v) is 2.65. The van der Waals surface area contributed by atoms with Crippen molar-refractivity contribution in [2.75, 3.05) is 18.4 Å². The molecule has 1 heterocycles. The zero-order chi connectivity index (χ0) is 12.5. The molecule has 18 heavy (non-hydrogen) atoms. The number of halogens is 1. The molecule has 1 aliphatic heterocycles. The standard InChI is InChI=1S/C14H16FN3/c15-13-2-1-3-14(12(13)8-16)17-10-6-7-18(9-10)11-4-5-11/h1-3,10-11,17H,4-7,9H2. The minimum absolute atomic E-state index is 0.127. The number of nitrogens with one attached hydrogen (secondary N) is 1. The molecule has 2 fully saturated rings. The van der Waals surface area contributed by atoms with Gasteiger partial charge in [-0.25, -0.2) is 4.39 Å². The van der Waals surface area contributed by atoms with Crippen LogP contribution in [0, 0.1) is 17.1 Å². The van der Waals surface area contributed by atoms with Crippen LogP contribution in [0.1, 0.15) is 24.8 Å². The SMILES string of the molecule is N#Cc1c(F)cccc1NC1CCN(C2CC2)C1. The average Bonchev–Trinajstić information content (AvgIpc) is 3.11. The minimum atomic E-state index is -0.445. The maximum absolute atomic E-state index is 13.5. The van der Waals surface area contributed by atoms with Gasteiger partial charge in [-0.3, -0.25) is 4.90 Å². The summed E-state index contributed by atoms with van der Waals surface area (Å²) in [6.45, 7) is 2.12. The maximum Gasteiger partial charge on any atom is 0.143 e. The van der Waals surface area contributed by atoms with Gasteiger partial charge in [0.05, 0.1) is 5.69 Å². The number of nitriles is 1. The number of rotatable bonds is 3. The molecule has 3 nitrogen and oxygen atoms in total. The molecular weight excluding hydrogens is 229 g/mol. The van der Waals surface area contributed by atoms with Gasteiger partial charge in [-0.05, 0) is 31.4 Å². The van der Waals surface area contributed by atoms with Crippen molar-refractivity contribution in [2.45, 2.75) is 31.3 Å². The third kappa shape index (κ3) is 2.19. The van der Waals surface area contributed by atoms with E-state index in [1.807, 2.05) is 6.07 Å². The highest BCUT2D eigenvalue weighted by Gasteiger charge is 2.34. The van der Waals surface area contributed by atoms with Crippen molar-refractivity contribution in [3.63, 3.8) is 0 Å². The van der Waals surface area contributed by atoms with Gasteiger partial charge >= 0.3 is 0 Å². The highest BCUT2D eigenvalue weighted by Crippen LogP contribution is 2.31. The molecule has 1 N–H and O–H groups in total. The van der Waals surface area contributed by atoms with Gasteiger partial charge in [-0.1, -0.05) is 6.07 Å². The van der Waals surface area contributed by atoms with Crippen molar-refractivity contribution in [1.29, 1.82) is 5.26 Å². The predicted molar refractivity (Wildman–Crippen MR) is 67.7 cm³/mol. The zero-order valence-corrected chi connectivity index (χ0v) is 10.2. The number of benzene rings is 1. The number of hydrogen-bond acceptors (Lipinski definition) is 3. The van der Waals surface area contributed by atoms with Crippen LogP contribution in [0.2, 0.25) is 0 Å². The van der Waals surface area contributed by atoms with Crippen LogP contribution in [0.25, 0.3) is 0 Å². The van der Waals surface area contributed by atoms with Crippen molar-refractivity contribution in [1.82, 2.24) is 4.90 Å². The van der Waals surface area contributed by atoms with E-state index in [0.29, 0.717) is 11.7 Å². The van der Waals surface area contributed by atoms with Crippen LogP contribution < -0.4 is 5.32 Å². The molecule has 1 aliphatic carbocycles. The highest BCUT2D eigenvalue weighted by molar-refractivity contribution is 5.58. The van der Waals surface area contributed by atoms with E-state index >= 15 is 0 Å². The molecule has 1 unspecified atom stereocenters. The first-order valence-electron chi connectivity index (χ1n) is 6.47. The molecule has 1 saturated heterocycles. The second-order valence-electron chi connectivity index (χ2n) is 5.13. The van der Waals surface area contributed by atoms with Gasteiger partial charge < -0.3 is 5.32 Å². The number of nitrogens with zero attached hydrogens (tertiary/aromatic N) is 2. The molecule has 0 aromatic heterocycles. The fourth-order valence-electron chi connectivity index (χ4n) is 2.65. The molecule has 1 saturated carbocycles. The average molecular weight is 245 g/mol. The summed E-state index contributed by atoms with van der Waals surface area (Å²) in [6.07, 6.45) is 3.70. The lowest BCUT2D eigenvalue weighted by atomic mass is 10.1. The number of likely N-dealkylation sites (tertiary alicyclic amines) is 1. The van der Waals surface area contributed by atoms with Crippen molar-refractivity contribution in [3.05, 3.63) is 29.6 Å². The second-order valence-corrected chi connectivity index (χ2v) is 5.13. The smallest absolute Gasteiger partial charge is 0.143 e. The third-order valence-electron chi connectivity index (χ3n) is 3.77. The van der Waals surface area contributed by atoms with Crippen LogP contribution in [0.4, 0.5) is 10.1 Å². The molecule has 1 aromatic rings. The summed E-state index contributed by atoms with van der Waals surface area (Å²) in [4.78, 5) is 2.49. The monoisotopic (exact) mass is 245 g/mol. The van der Waals surface area contributed by atoms with Crippen molar-refractivity contribution < 1.29 is 4.39 Å². The van der Waals surface area contributed by atoms with Gasteiger partial charge in [0.25, 0.3) is 0 Å². The van der Waals surface area contributed by atoms with Gasteiger partial charge in [0.1, 0.15) is 17.4 Å². The summed E-state index contributed by atoms with van der Waals surface area (Å²) in [5, 5.41) is 12.3. The Morgan fingerprint density at radius 2 is 2.17 bits per heavy atom. The van der Waals surface area contributed by atoms with Crippen molar-refractivity contribution >= 4 is 5.69 Å². The first-order valence-corrected chi connectivity index (χ1v) is 6.47. The van der Waals surface area contributed by atoms with E-state index in [-0.39, 0.29) is 5.56 Å². The third-order valence-corrected chi connectivity index (χ3v) is 3.77. The topological polar surface area (TPSA) is 39.1 Å². The van der Waals surface area contributed by atoms with Gasteiger partial charge in [0.15, 0.2) is 0 Å². The van der Waals surface area contributed by atoms with Crippen molar-refractivity contribution in [3.8, 4) is 6.07 Å². The van der Waals surface area contributed by atoms with Gasteiger partial charge in [-0.2, -0.15) is 5.26 Å². The molecule has 1 aromatic carbocycles. The molecule has 0 amide bonds. The first-order chi connectivity index (χ1) is 8.78. The predicted octanol–water partition coefficient (Wildman–Crippen LogP) is 2.35. The Morgan fingerprint density at radius 3 is 2.89 bits per heavy atom. The molecule has 94 valence electrons. The van der Waals surface area contributed by atoms with E-state index in [2.05, 4.69) is 10.2 Å². The van der Waals surface area contributed by atoms with E-state index in [4.69, 9.17) is 5.26 Å². The molecule has 2 aliphatic rings. The van der Waals surface area contributed by atoms with Crippen LogP contribution in [0.3, 0.4) is 0 Å². The summed E-state index contributed by atoms with van der Waals surface area (Å²) in [5.41, 5.74) is 0.752. The molecule has 0 spiro atoms. The normalized spacial score (nSPS) is 23.9. The van der Waals surface area contributed by atoms with E-state index in [1.165, 1.54) is 18.9 Å². The lowest BCUT2D eigenvalue weighted by Gasteiger charge is -2.17. The molecule has 0 bridgehead atoms.